The van der Waals surface area contributed by atoms with Crippen molar-refractivity contribution in [2.24, 2.45) is 11.3 Å². The SMILES string of the molecule is C=C(/C=C(\C)NC(=O)C(C)(C)Oc1ccc(C2(F)CCC2CC)cn1)C(C)(C)C. The van der Waals surface area contributed by atoms with Crippen LogP contribution in [0.2, 0.25) is 0 Å². The van der Waals surface area contributed by atoms with E-state index in [0.29, 0.717) is 23.6 Å². The lowest BCUT2D eigenvalue weighted by Gasteiger charge is -2.43. The molecule has 0 bridgehead atoms. The third kappa shape index (κ3) is 5.26. The Balaban J connectivity index is 2.04. The number of halogens is 1. The Kier molecular flexibility index (Phi) is 6.61. The normalized spacial score (nSPS) is 22.6. The molecule has 1 saturated carbocycles. The van der Waals surface area contributed by atoms with Gasteiger partial charge in [-0.05, 0) is 69.1 Å². The van der Waals surface area contributed by atoms with Crippen LogP contribution in [-0.2, 0) is 10.5 Å². The van der Waals surface area contributed by atoms with E-state index in [1.807, 2.05) is 19.9 Å². The molecule has 2 rings (SSSR count). The highest BCUT2D eigenvalue weighted by atomic mass is 19.1. The van der Waals surface area contributed by atoms with Crippen molar-refractivity contribution in [1.82, 2.24) is 10.3 Å². The zero-order valence-corrected chi connectivity index (χ0v) is 18.9. The molecule has 1 aromatic rings. The van der Waals surface area contributed by atoms with Gasteiger partial charge in [-0.2, -0.15) is 0 Å². The van der Waals surface area contributed by atoms with E-state index in [1.165, 1.54) is 6.20 Å². The molecule has 0 radical (unpaired) electrons. The van der Waals surface area contributed by atoms with Gasteiger partial charge in [0.25, 0.3) is 5.91 Å². The highest BCUT2D eigenvalue weighted by Crippen LogP contribution is 2.51. The van der Waals surface area contributed by atoms with Gasteiger partial charge in [0.2, 0.25) is 5.88 Å². The number of rotatable bonds is 7. The minimum atomic E-state index is -1.29. The number of hydrogen-bond donors (Lipinski definition) is 1. The Bertz CT molecular complexity index is 788. The van der Waals surface area contributed by atoms with E-state index in [9.17, 15) is 4.79 Å². The first-order valence-electron chi connectivity index (χ1n) is 10.3. The van der Waals surface area contributed by atoms with Gasteiger partial charge in [0.05, 0.1) is 0 Å². The molecule has 1 N–H and O–H groups in total. The van der Waals surface area contributed by atoms with Crippen molar-refractivity contribution in [3.63, 3.8) is 0 Å². The van der Waals surface area contributed by atoms with E-state index >= 15 is 4.39 Å². The van der Waals surface area contributed by atoms with E-state index in [2.05, 4.69) is 37.7 Å². The second-order valence-electron chi connectivity index (χ2n) is 9.56. The number of amides is 1. The minimum absolute atomic E-state index is 0.0518. The molecule has 1 aliphatic rings. The van der Waals surface area contributed by atoms with E-state index in [0.717, 1.165) is 18.4 Å². The summed E-state index contributed by atoms with van der Waals surface area (Å²) in [6.07, 6.45) is 5.66. The van der Waals surface area contributed by atoms with Crippen LogP contribution in [0.3, 0.4) is 0 Å². The summed E-state index contributed by atoms with van der Waals surface area (Å²) in [6, 6.07) is 3.36. The molecule has 5 heteroatoms. The monoisotopic (exact) mass is 402 g/mol. The van der Waals surface area contributed by atoms with E-state index < -0.39 is 11.3 Å². The second-order valence-corrected chi connectivity index (χ2v) is 9.56. The summed E-state index contributed by atoms with van der Waals surface area (Å²) in [5.41, 5.74) is -0.288. The smallest absolute Gasteiger partial charge is 0.267 e. The maximum Gasteiger partial charge on any atom is 0.267 e. The van der Waals surface area contributed by atoms with E-state index in [1.54, 1.807) is 26.0 Å². The number of pyridine rings is 1. The Labute approximate surface area is 174 Å². The molecule has 160 valence electrons. The van der Waals surface area contributed by atoms with Gasteiger partial charge in [-0.3, -0.25) is 4.79 Å². The lowest BCUT2D eigenvalue weighted by molar-refractivity contribution is -0.133. The van der Waals surface area contributed by atoms with Crippen LogP contribution in [0, 0.1) is 11.3 Å². The highest BCUT2D eigenvalue weighted by Gasteiger charge is 2.47. The molecule has 0 spiro atoms. The number of nitrogens with zero attached hydrogens (tertiary/aromatic N) is 1. The van der Waals surface area contributed by atoms with Gasteiger partial charge in [0.1, 0.15) is 5.67 Å². The number of allylic oxidation sites excluding steroid dienone is 3. The maximum absolute atomic E-state index is 15.1. The second kappa shape index (κ2) is 8.29. The Hall–Kier alpha value is -2.17. The van der Waals surface area contributed by atoms with Gasteiger partial charge < -0.3 is 10.1 Å². The Morgan fingerprint density at radius 2 is 2.03 bits per heavy atom. The predicted octanol–water partition coefficient (Wildman–Crippen LogP) is 5.85. The molecule has 0 saturated heterocycles. The zero-order valence-electron chi connectivity index (χ0n) is 18.9. The van der Waals surface area contributed by atoms with Gasteiger partial charge in [-0.15, -0.1) is 0 Å². The quantitative estimate of drug-likeness (QED) is 0.582. The van der Waals surface area contributed by atoms with Crippen molar-refractivity contribution < 1.29 is 13.9 Å². The molecular weight excluding hydrogens is 367 g/mol. The number of ether oxygens (including phenoxy) is 1. The highest BCUT2D eigenvalue weighted by molar-refractivity contribution is 5.86. The van der Waals surface area contributed by atoms with Gasteiger partial charge in [0.15, 0.2) is 5.60 Å². The number of aromatic nitrogens is 1. The number of alkyl halides is 1. The van der Waals surface area contributed by atoms with Crippen molar-refractivity contribution in [1.29, 1.82) is 0 Å². The first-order valence-corrected chi connectivity index (χ1v) is 10.3. The summed E-state index contributed by atoms with van der Waals surface area (Å²) >= 11 is 0. The average Bonchev–Trinajstić information content (AvgIpc) is 2.59. The van der Waals surface area contributed by atoms with Crippen molar-refractivity contribution in [2.75, 3.05) is 0 Å². The van der Waals surface area contributed by atoms with Gasteiger partial charge >= 0.3 is 0 Å². The number of carbonyl (C=O) groups is 1. The van der Waals surface area contributed by atoms with Gasteiger partial charge in [0, 0.05) is 23.5 Å². The van der Waals surface area contributed by atoms with Crippen molar-refractivity contribution in [2.45, 2.75) is 79.0 Å². The number of nitrogens with one attached hydrogen (secondary N) is 1. The fourth-order valence-electron chi connectivity index (χ4n) is 3.35. The summed E-state index contributed by atoms with van der Waals surface area (Å²) in [5.74, 6) is 0.0624. The van der Waals surface area contributed by atoms with Crippen LogP contribution in [0.5, 0.6) is 5.88 Å². The Morgan fingerprint density at radius 3 is 2.48 bits per heavy atom. The van der Waals surface area contributed by atoms with Crippen LogP contribution in [0.4, 0.5) is 4.39 Å². The lowest BCUT2D eigenvalue weighted by Crippen LogP contribution is -2.46. The molecule has 4 nitrogen and oxygen atoms in total. The summed E-state index contributed by atoms with van der Waals surface area (Å²) in [4.78, 5) is 16.9. The molecule has 1 aromatic heterocycles. The van der Waals surface area contributed by atoms with Crippen LogP contribution in [0.1, 0.15) is 73.3 Å². The van der Waals surface area contributed by atoms with Crippen molar-refractivity contribution in [3.8, 4) is 5.88 Å². The zero-order chi connectivity index (χ0) is 22.0. The molecule has 0 aromatic carbocycles. The summed E-state index contributed by atoms with van der Waals surface area (Å²) in [5, 5.41) is 2.86. The molecule has 0 aliphatic heterocycles. The molecule has 1 fully saturated rings. The molecule has 2 unspecified atom stereocenters. The largest absolute Gasteiger partial charge is 0.462 e. The van der Waals surface area contributed by atoms with Gasteiger partial charge in [-0.1, -0.05) is 34.3 Å². The third-order valence-corrected chi connectivity index (χ3v) is 5.78. The van der Waals surface area contributed by atoms with E-state index in [4.69, 9.17) is 4.74 Å². The first kappa shape index (κ1) is 23.1. The molecule has 1 heterocycles. The Morgan fingerprint density at radius 1 is 1.38 bits per heavy atom. The standard InChI is InChI=1S/C24H35FN2O2/c1-9-18-12-13-24(18,25)19-10-11-20(26-15-19)29-23(7,8)21(28)27-17(3)14-16(2)22(4,5)6/h10-11,14-15,18H,2,9,12-13H2,1,3-8H3,(H,27,28)/b17-14+. The van der Waals surface area contributed by atoms with Crippen LogP contribution in [-0.4, -0.2) is 16.5 Å². The van der Waals surface area contributed by atoms with Crippen molar-refractivity contribution in [3.05, 3.63) is 47.8 Å². The number of hydrogen-bond acceptors (Lipinski definition) is 3. The first-order chi connectivity index (χ1) is 13.3. The number of carbonyl (C=O) groups excluding carboxylic acids is 1. The summed E-state index contributed by atoms with van der Waals surface area (Å²) < 4.78 is 20.9. The fourth-order valence-corrected chi connectivity index (χ4v) is 3.35. The topological polar surface area (TPSA) is 51.2 Å². The van der Waals surface area contributed by atoms with Crippen molar-refractivity contribution >= 4 is 5.91 Å². The third-order valence-electron chi connectivity index (χ3n) is 5.78. The molecule has 29 heavy (non-hydrogen) atoms. The van der Waals surface area contributed by atoms with Crippen LogP contribution >= 0.6 is 0 Å². The fraction of sp³-hybridized carbons (Fsp3) is 0.583. The summed E-state index contributed by atoms with van der Waals surface area (Å²) in [6.45, 7) is 17.4. The van der Waals surface area contributed by atoms with Crippen LogP contribution < -0.4 is 10.1 Å². The average molecular weight is 403 g/mol. The lowest BCUT2D eigenvalue weighted by atomic mass is 9.66. The van der Waals surface area contributed by atoms with Gasteiger partial charge in [-0.25, -0.2) is 9.37 Å². The van der Waals surface area contributed by atoms with E-state index in [-0.39, 0.29) is 17.2 Å². The minimum Gasteiger partial charge on any atom is -0.462 e. The predicted molar refractivity (Wildman–Crippen MR) is 115 cm³/mol. The summed E-state index contributed by atoms with van der Waals surface area (Å²) in [7, 11) is 0. The maximum atomic E-state index is 15.1. The van der Waals surface area contributed by atoms with Crippen LogP contribution in [0.15, 0.2) is 42.3 Å². The molecule has 2 atom stereocenters. The van der Waals surface area contributed by atoms with Crippen LogP contribution in [0.25, 0.3) is 0 Å². The molecule has 1 aliphatic carbocycles. The molecule has 1 amide bonds. The molecular formula is C24H35FN2O2.